The molecule has 0 spiro atoms. The SMILES string of the molecule is O=C(CSc1nnc2n1-c1sc3c(c1C1NCNN21)CCC3)NC[C@H]1CCCO1. The van der Waals surface area contributed by atoms with Gasteiger partial charge in [-0.25, -0.2) is 9.99 Å². The molecule has 0 saturated carbocycles. The molecule has 0 aromatic carbocycles. The normalized spacial score (nSPS) is 24.3. The summed E-state index contributed by atoms with van der Waals surface area (Å²) >= 11 is 3.29. The summed E-state index contributed by atoms with van der Waals surface area (Å²) < 4.78 is 7.69. The van der Waals surface area contributed by atoms with Crippen molar-refractivity contribution >= 4 is 35.0 Å². The molecular formula is C18H23N7O2S2. The van der Waals surface area contributed by atoms with Crippen molar-refractivity contribution in [3.8, 4) is 5.00 Å². The van der Waals surface area contributed by atoms with Crippen molar-refractivity contribution in [3.63, 3.8) is 0 Å². The number of hydrazine groups is 1. The van der Waals surface area contributed by atoms with E-state index < -0.39 is 0 Å². The second kappa shape index (κ2) is 7.24. The van der Waals surface area contributed by atoms with Crippen LogP contribution in [0.15, 0.2) is 5.16 Å². The van der Waals surface area contributed by atoms with Crippen LogP contribution >= 0.6 is 23.1 Å². The first-order valence-corrected chi connectivity index (χ1v) is 12.0. The molecule has 6 rings (SSSR count). The Morgan fingerprint density at radius 1 is 1.34 bits per heavy atom. The average molecular weight is 434 g/mol. The molecule has 2 atom stereocenters. The molecule has 5 heterocycles. The highest BCUT2D eigenvalue weighted by molar-refractivity contribution is 7.99. The van der Waals surface area contributed by atoms with Gasteiger partial charge in [0.2, 0.25) is 11.9 Å². The van der Waals surface area contributed by atoms with Gasteiger partial charge in [-0.2, -0.15) is 0 Å². The van der Waals surface area contributed by atoms with Crippen LogP contribution in [0.3, 0.4) is 0 Å². The molecule has 11 heteroatoms. The molecule has 1 aliphatic carbocycles. The maximum atomic E-state index is 12.3. The van der Waals surface area contributed by atoms with Gasteiger partial charge in [0, 0.05) is 23.6 Å². The molecule has 2 fully saturated rings. The Morgan fingerprint density at radius 3 is 3.21 bits per heavy atom. The van der Waals surface area contributed by atoms with Gasteiger partial charge in [0.25, 0.3) is 0 Å². The molecular weight excluding hydrogens is 410 g/mol. The van der Waals surface area contributed by atoms with E-state index in [-0.39, 0.29) is 18.2 Å². The summed E-state index contributed by atoms with van der Waals surface area (Å²) in [6, 6.07) is 0. The monoisotopic (exact) mass is 433 g/mol. The molecule has 9 nitrogen and oxygen atoms in total. The lowest BCUT2D eigenvalue weighted by Gasteiger charge is -2.30. The lowest BCUT2D eigenvalue weighted by molar-refractivity contribution is -0.119. The summed E-state index contributed by atoms with van der Waals surface area (Å²) in [5, 5.41) is 19.4. The predicted octanol–water partition coefficient (Wildman–Crippen LogP) is 1.09. The average Bonchev–Trinajstić information content (AvgIpc) is 3.51. The van der Waals surface area contributed by atoms with Gasteiger partial charge < -0.3 is 10.1 Å². The van der Waals surface area contributed by atoms with Crippen LogP contribution in [0.4, 0.5) is 5.95 Å². The summed E-state index contributed by atoms with van der Waals surface area (Å²) in [4.78, 5) is 13.8. The maximum absolute atomic E-state index is 12.3. The molecule has 1 unspecified atom stereocenters. The summed E-state index contributed by atoms with van der Waals surface area (Å²) in [5.41, 5.74) is 6.21. The lowest BCUT2D eigenvalue weighted by atomic mass is 10.1. The first-order chi connectivity index (χ1) is 14.3. The molecule has 2 saturated heterocycles. The van der Waals surface area contributed by atoms with Crippen molar-refractivity contribution in [2.75, 3.05) is 30.6 Å². The largest absolute Gasteiger partial charge is 0.376 e. The van der Waals surface area contributed by atoms with Crippen LogP contribution in [0.25, 0.3) is 5.00 Å². The molecule has 4 aliphatic rings. The van der Waals surface area contributed by atoms with E-state index in [9.17, 15) is 4.79 Å². The van der Waals surface area contributed by atoms with E-state index in [1.807, 2.05) is 11.3 Å². The van der Waals surface area contributed by atoms with Crippen molar-refractivity contribution < 1.29 is 9.53 Å². The second-order valence-corrected chi connectivity index (χ2v) is 9.76. The molecule has 2 aromatic heterocycles. The molecule has 154 valence electrons. The highest BCUT2D eigenvalue weighted by atomic mass is 32.2. The summed E-state index contributed by atoms with van der Waals surface area (Å²) in [6.07, 6.45) is 5.89. The zero-order valence-electron chi connectivity index (χ0n) is 15.9. The number of aryl methyl sites for hydroxylation is 1. The van der Waals surface area contributed by atoms with Gasteiger partial charge in [-0.1, -0.05) is 11.8 Å². The summed E-state index contributed by atoms with van der Waals surface area (Å²) in [6.45, 7) is 2.09. The zero-order valence-corrected chi connectivity index (χ0v) is 17.6. The number of nitrogens with zero attached hydrogens (tertiary/aromatic N) is 4. The van der Waals surface area contributed by atoms with Crippen molar-refractivity contribution in [3.05, 3.63) is 16.0 Å². The van der Waals surface area contributed by atoms with Crippen molar-refractivity contribution in [1.29, 1.82) is 0 Å². The third-order valence-corrected chi connectivity index (χ3v) is 8.16. The molecule has 2 aromatic rings. The van der Waals surface area contributed by atoms with Crippen LogP contribution < -0.4 is 21.1 Å². The van der Waals surface area contributed by atoms with Gasteiger partial charge >= 0.3 is 0 Å². The number of anilines is 1. The quantitative estimate of drug-likeness (QED) is 0.603. The van der Waals surface area contributed by atoms with E-state index in [1.165, 1.54) is 39.2 Å². The van der Waals surface area contributed by atoms with Gasteiger partial charge in [-0.05, 0) is 37.7 Å². The lowest BCUT2D eigenvalue weighted by Crippen LogP contribution is -2.39. The highest BCUT2D eigenvalue weighted by Crippen LogP contribution is 2.48. The fourth-order valence-corrected chi connectivity index (χ4v) is 6.83. The van der Waals surface area contributed by atoms with E-state index >= 15 is 0 Å². The van der Waals surface area contributed by atoms with E-state index in [0.29, 0.717) is 19.0 Å². The number of carbonyl (C=O) groups is 1. The van der Waals surface area contributed by atoms with Crippen LogP contribution in [0.2, 0.25) is 0 Å². The number of hydrogen-bond donors (Lipinski definition) is 3. The number of fused-ring (bicyclic) bond motifs is 8. The molecule has 0 radical (unpaired) electrons. The number of thioether (sulfide) groups is 1. The number of amides is 1. The third-order valence-electron chi connectivity index (χ3n) is 5.94. The number of hydrogen-bond acceptors (Lipinski definition) is 9. The van der Waals surface area contributed by atoms with Crippen molar-refractivity contribution in [2.24, 2.45) is 0 Å². The molecule has 0 bridgehead atoms. The Labute approximate surface area is 176 Å². The Hall–Kier alpha value is -1.66. The second-order valence-electron chi connectivity index (χ2n) is 7.73. The van der Waals surface area contributed by atoms with Gasteiger partial charge in [0.15, 0.2) is 5.16 Å². The van der Waals surface area contributed by atoms with Gasteiger partial charge in [-0.15, -0.1) is 21.5 Å². The molecule has 1 amide bonds. The topological polar surface area (TPSA) is 96.3 Å². The zero-order chi connectivity index (χ0) is 19.4. The predicted molar refractivity (Wildman–Crippen MR) is 110 cm³/mol. The van der Waals surface area contributed by atoms with Crippen molar-refractivity contribution in [1.82, 2.24) is 30.8 Å². The standard InChI is InChI=1S/C18H23N7O2S2/c26-13(19-7-10-3-2-6-27-10)8-28-18-23-22-17-24(18)16-14(15-20-9-21-25(15)17)11-4-1-5-12(11)29-16/h10,15,20-21H,1-9H2,(H,19,26)/t10-,15?/m1/s1. The van der Waals surface area contributed by atoms with E-state index in [4.69, 9.17) is 4.74 Å². The Balaban J connectivity index is 1.24. The number of thiophene rings is 1. The molecule has 3 aliphatic heterocycles. The number of nitrogens with one attached hydrogen (secondary N) is 3. The summed E-state index contributed by atoms with van der Waals surface area (Å²) in [7, 11) is 0. The first-order valence-electron chi connectivity index (χ1n) is 10.2. The number of carbonyl (C=O) groups excluding carboxylic acids is 1. The molecule has 3 N–H and O–H groups in total. The number of rotatable bonds is 5. The number of ether oxygens (including phenoxy) is 1. The van der Waals surface area contributed by atoms with Crippen LogP contribution in [0, 0.1) is 0 Å². The Bertz CT molecular complexity index is 952. The van der Waals surface area contributed by atoms with Gasteiger partial charge in [0.1, 0.15) is 11.2 Å². The first kappa shape index (κ1) is 18.1. The summed E-state index contributed by atoms with van der Waals surface area (Å²) in [5.74, 6) is 1.11. The third kappa shape index (κ3) is 2.98. The Morgan fingerprint density at radius 2 is 2.31 bits per heavy atom. The van der Waals surface area contributed by atoms with Crippen LogP contribution in [0.5, 0.6) is 0 Å². The van der Waals surface area contributed by atoms with E-state index in [0.717, 1.165) is 43.4 Å². The Kier molecular flexibility index (Phi) is 4.53. The number of aromatic nitrogens is 3. The van der Waals surface area contributed by atoms with Crippen LogP contribution in [0.1, 0.15) is 41.4 Å². The smallest absolute Gasteiger partial charge is 0.249 e. The highest BCUT2D eigenvalue weighted by Gasteiger charge is 2.42. The minimum Gasteiger partial charge on any atom is -0.376 e. The van der Waals surface area contributed by atoms with E-state index in [1.54, 1.807) is 0 Å². The van der Waals surface area contributed by atoms with Crippen LogP contribution in [-0.2, 0) is 22.4 Å². The van der Waals surface area contributed by atoms with Gasteiger partial charge in [0.05, 0.1) is 18.5 Å². The minimum absolute atomic E-state index is 0.00592. The van der Waals surface area contributed by atoms with Gasteiger partial charge in [-0.3, -0.25) is 15.1 Å². The van der Waals surface area contributed by atoms with Crippen molar-refractivity contribution in [2.45, 2.75) is 49.5 Å². The fraction of sp³-hybridized carbons (Fsp3) is 0.611. The van der Waals surface area contributed by atoms with E-state index in [2.05, 4.69) is 35.8 Å². The maximum Gasteiger partial charge on any atom is 0.249 e. The molecule has 29 heavy (non-hydrogen) atoms. The fourth-order valence-electron chi connectivity index (χ4n) is 4.59. The van der Waals surface area contributed by atoms with Crippen LogP contribution in [-0.4, -0.2) is 52.3 Å². The minimum atomic E-state index is 0.00592.